The number of anilines is 1. The van der Waals surface area contributed by atoms with E-state index in [-0.39, 0.29) is 18.2 Å². The van der Waals surface area contributed by atoms with Crippen molar-refractivity contribution in [2.45, 2.75) is 26.6 Å². The Kier molecular flexibility index (Phi) is 6.60. The summed E-state index contributed by atoms with van der Waals surface area (Å²) in [7, 11) is 1.79. The van der Waals surface area contributed by atoms with Crippen LogP contribution >= 0.6 is 11.3 Å². The fourth-order valence-electron chi connectivity index (χ4n) is 2.57. The summed E-state index contributed by atoms with van der Waals surface area (Å²) in [6.07, 6.45) is -2.76. The summed E-state index contributed by atoms with van der Waals surface area (Å²) in [4.78, 5) is 17.8. The van der Waals surface area contributed by atoms with E-state index in [2.05, 4.69) is 10.3 Å². The second-order valence-electron chi connectivity index (χ2n) is 6.02. The highest BCUT2D eigenvalue weighted by Crippen LogP contribution is 2.27. The lowest BCUT2D eigenvalue weighted by atomic mass is 10.1. The number of alkyl halides is 3. The molecular formula is C17H20F3N3O2S. The van der Waals surface area contributed by atoms with E-state index >= 15 is 0 Å². The zero-order valence-electron chi connectivity index (χ0n) is 14.7. The van der Waals surface area contributed by atoms with Crippen LogP contribution in [0.15, 0.2) is 23.7 Å². The standard InChI is InChI=1S/C17H20F3N3O2S/c1-11-6-13(7-12(2)15(11)25-10-17(18,19)20)8-23(3)9-14(24)22-16-21-4-5-26-16/h4-7H,8-10H2,1-3H3,(H,21,22,24). The Bertz CT molecular complexity index is 725. The molecule has 0 atom stereocenters. The quantitative estimate of drug-likeness (QED) is 0.786. The number of amides is 1. The van der Waals surface area contributed by atoms with Gasteiger partial charge in [0.25, 0.3) is 0 Å². The summed E-state index contributed by atoms with van der Waals surface area (Å²) in [5.41, 5.74) is 2.15. The molecule has 1 amide bonds. The van der Waals surface area contributed by atoms with Gasteiger partial charge in [-0.05, 0) is 37.6 Å². The van der Waals surface area contributed by atoms with Crippen LogP contribution in [0.1, 0.15) is 16.7 Å². The minimum Gasteiger partial charge on any atom is -0.484 e. The Hall–Kier alpha value is -2.13. The fraction of sp³-hybridized carbons (Fsp3) is 0.412. The number of carbonyl (C=O) groups excluding carboxylic acids is 1. The Balaban J connectivity index is 1.95. The maximum Gasteiger partial charge on any atom is 0.422 e. The molecule has 1 aromatic carbocycles. The molecule has 0 saturated carbocycles. The van der Waals surface area contributed by atoms with Gasteiger partial charge in [0.05, 0.1) is 6.54 Å². The van der Waals surface area contributed by atoms with Crippen molar-refractivity contribution in [3.05, 3.63) is 40.4 Å². The van der Waals surface area contributed by atoms with Crippen LogP contribution in [-0.4, -0.2) is 42.2 Å². The minimum absolute atomic E-state index is 0.171. The average molecular weight is 387 g/mol. The van der Waals surface area contributed by atoms with Crippen molar-refractivity contribution in [3.63, 3.8) is 0 Å². The van der Waals surface area contributed by atoms with Gasteiger partial charge in [-0.3, -0.25) is 9.69 Å². The molecule has 0 radical (unpaired) electrons. The van der Waals surface area contributed by atoms with Crippen molar-refractivity contribution in [2.75, 3.05) is 25.5 Å². The summed E-state index contributed by atoms with van der Waals surface area (Å²) in [6, 6.07) is 3.54. The lowest BCUT2D eigenvalue weighted by Crippen LogP contribution is -2.29. The van der Waals surface area contributed by atoms with E-state index in [0.717, 1.165) is 5.56 Å². The van der Waals surface area contributed by atoms with Crippen molar-refractivity contribution in [3.8, 4) is 5.75 Å². The number of hydrogen-bond donors (Lipinski definition) is 1. The number of ether oxygens (including phenoxy) is 1. The van der Waals surface area contributed by atoms with Gasteiger partial charge in [0.1, 0.15) is 5.75 Å². The Morgan fingerprint density at radius 3 is 2.50 bits per heavy atom. The summed E-state index contributed by atoms with van der Waals surface area (Å²) < 4.78 is 41.9. The number of benzene rings is 1. The molecule has 0 unspecified atom stereocenters. The van der Waals surface area contributed by atoms with Crippen LogP contribution in [0.4, 0.5) is 18.3 Å². The normalized spacial score (nSPS) is 11.7. The Morgan fingerprint density at radius 2 is 1.96 bits per heavy atom. The fourth-order valence-corrected chi connectivity index (χ4v) is 3.11. The van der Waals surface area contributed by atoms with Gasteiger partial charge in [0.15, 0.2) is 11.7 Å². The minimum atomic E-state index is -4.37. The first-order valence-corrected chi connectivity index (χ1v) is 8.69. The first-order chi connectivity index (χ1) is 12.1. The topological polar surface area (TPSA) is 54.5 Å². The largest absolute Gasteiger partial charge is 0.484 e. The molecule has 0 saturated heterocycles. The van der Waals surface area contributed by atoms with Crippen molar-refractivity contribution in [1.82, 2.24) is 9.88 Å². The summed E-state index contributed by atoms with van der Waals surface area (Å²) in [6.45, 7) is 2.75. The number of carbonyl (C=O) groups is 1. The molecule has 2 rings (SSSR count). The van der Waals surface area contributed by atoms with Gasteiger partial charge in [-0.1, -0.05) is 12.1 Å². The number of nitrogens with zero attached hydrogens (tertiary/aromatic N) is 2. The first-order valence-electron chi connectivity index (χ1n) is 7.81. The molecule has 142 valence electrons. The van der Waals surface area contributed by atoms with Crippen molar-refractivity contribution < 1.29 is 22.7 Å². The molecule has 5 nitrogen and oxygen atoms in total. The van der Waals surface area contributed by atoms with E-state index in [1.807, 2.05) is 4.90 Å². The predicted octanol–water partition coefficient (Wildman–Crippen LogP) is 3.77. The SMILES string of the molecule is Cc1cc(CN(C)CC(=O)Nc2nccs2)cc(C)c1OCC(F)(F)F. The van der Waals surface area contributed by atoms with Crippen LogP contribution < -0.4 is 10.1 Å². The molecule has 9 heteroatoms. The van der Waals surface area contributed by atoms with Crippen molar-refractivity contribution >= 4 is 22.4 Å². The highest BCUT2D eigenvalue weighted by molar-refractivity contribution is 7.13. The summed E-state index contributed by atoms with van der Waals surface area (Å²) >= 11 is 1.34. The Labute approximate surface area is 153 Å². The van der Waals surface area contributed by atoms with Crippen molar-refractivity contribution in [2.24, 2.45) is 0 Å². The van der Waals surface area contributed by atoms with Gasteiger partial charge in [-0.15, -0.1) is 11.3 Å². The van der Waals surface area contributed by atoms with Gasteiger partial charge in [-0.25, -0.2) is 4.98 Å². The molecule has 1 aromatic heterocycles. The second kappa shape index (κ2) is 8.50. The number of aromatic nitrogens is 1. The third-order valence-electron chi connectivity index (χ3n) is 3.44. The van der Waals surface area contributed by atoms with Crippen LogP contribution in [0.25, 0.3) is 0 Å². The number of thiazole rings is 1. The average Bonchev–Trinajstić information content (AvgIpc) is 2.97. The smallest absolute Gasteiger partial charge is 0.422 e. The number of rotatable bonds is 7. The molecule has 0 fully saturated rings. The first kappa shape index (κ1) is 20.2. The lowest BCUT2D eigenvalue weighted by molar-refractivity contribution is -0.153. The van der Waals surface area contributed by atoms with Gasteiger partial charge in [-0.2, -0.15) is 13.2 Å². The van der Waals surface area contributed by atoms with Crippen LogP contribution in [-0.2, 0) is 11.3 Å². The molecule has 0 aliphatic rings. The number of hydrogen-bond acceptors (Lipinski definition) is 5. The van der Waals surface area contributed by atoms with Crippen molar-refractivity contribution in [1.29, 1.82) is 0 Å². The van der Waals surface area contributed by atoms with Gasteiger partial charge < -0.3 is 10.1 Å². The number of nitrogens with one attached hydrogen (secondary N) is 1. The van der Waals surface area contributed by atoms with E-state index in [0.29, 0.717) is 22.8 Å². The van der Waals surface area contributed by atoms with Crippen LogP contribution in [0, 0.1) is 13.8 Å². The van der Waals surface area contributed by atoms with E-state index < -0.39 is 12.8 Å². The predicted molar refractivity (Wildman–Crippen MR) is 94.5 cm³/mol. The maximum atomic E-state index is 12.3. The molecule has 1 N–H and O–H groups in total. The monoisotopic (exact) mass is 387 g/mol. The van der Waals surface area contributed by atoms with Crippen LogP contribution in [0.3, 0.4) is 0 Å². The van der Waals surface area contributed by atoms with Crippen LogP contribution in [0.5, 0.6) is 5.75 Å². The Morgan fingerprint density at radius 1 is 1.31 bits per heavy atom. The molecule has 26 heavy (non-hydrogen) atoms. The van der Waals surface area contributed by atoms with E-state index in [4.69, 9.17) is 4.74 Å². The third kappa shape index (κ3) is 6.30. The molecular weight excluding hydrogens is 367 g/mol. The van der Waals surface area contributed by atoms with E-state index in [1.54, 1.807) is 44.6 Å². The highest BCUT2D eigenvalue weighted by Gasteiger charge is 2.29. The third-order valence-corrected chi connectivity index (χ3v) is 4.13. The van der Waals surface area contributed by atoms with E-state index in [1.165, 1.54) is 11.3 Å². The number of likely N-dealkylation sites (N-methyl/N-ethyl adjacent to an activating group) is 1. The molecule has 0 aliphatic heterocycles. The lowest BCUT2D eigenvalue weighted by Gasteiger charge is -2.19. The van der Waals surface area contributed by atoms with Gasteiger partial charge >= 0.3 is 6.18 Å². The highest BCUT2D eigenvalue weighted by atomic mass is 32.1. The van der Waals surface area contributed by atoms with E-state index in [9.17, 15) is 18.0 Å². The summed E-state index contributed by atoms with van der Waals surface area (Å²) in [5, 5.41) is 5.02. The van der Waals surface area contributed by atoms with Gasteiger partial charge in [0, 0.05) is 18.1 Å². The molecule has 1 heterocycles. The molecule has 2 aromatic rings. The maximum absolute atomic E-state index is 12.3. The molecule has 0 bridgehead atoms. The van der Waals surface area contributed by atoms with Gasteiger partial charge in [0.2, 0.25) is 5.91 Å². The number of aryl methyl sites for hydroxylation is 2. The van der Waals surface area contributed by atoms with Crippen LogP contribution in [0.2, 0.25) is 0 Å². The molecule has 0 aliphatic carbocycles. The number of halogens is 3. The second-order valence-corrected chi connectivity index (χ2v) is 6.91. The molecule has 0 spiro atoms. The zero-order valence-corrected chi connectivity index (χ0v) is 15.5. The summed E-state index contributed by atoms with van der Waals surface area (Å²) in [5.74, 6) is 0.0660. The zero-order chi connectivity index (χ0) is 19.3.